The summed E-state index contributed by atoms with van der Waals surface area (Å²) in [6, 6.07) is 7.41. The fourth-order valence-corrected chi connectivity index (χ4v) is 2.97. The van der Waals surface area contributed by atoms with Gasteiger partial charge in [0.05, 0.1) is 6.54 Å². The molecule has 128 valence electrons. The molecule has 0 radical (unpaired) electrons. The lowest BCUT2D eigenvalue weighted by molar-refractivity contribution is -0.148. The zero-order valence-electron chi connectivity index (χ0n) is 13.6. The van der Waals surface area contributed by atoms with Crippen LogP contribution in [0.3, 0.4) is 0 Å². The van der Waals surface area contributed by atoms with E-state index in [-0.39, 0.29) is 11.8 Å². The lowest BCUT2D eigenvalue weighted by Gasteiger charge is -2.34. The Labute approximate surface area is 135 Å². The van der Waals surface area contributed by atoms with Gasteiger partial charge in [0.2, 0.25) is 0 Å². The van der Waals surface area contributed by atoms with Crippen molar-refractivity contribution in [2.75, 3.05) is 33.2 Å². The van der Waals surface area contributed by atoms with Crippen molar-refractivity contribution in [2.45, 2.75) is 25.9 Å². The summed E-state index contributed by atoms with van der Waals surface area (Å²) in [5.41, 5.74) is 1.74. The lowest BCUT2D eigenvalue weighted by Crippen LogP contribution is -2.42. The fraction of sp³-hybridized carbons (Fsp3) is 0.588. The molecular weight excluding hydrogens is 305 g/mol. The summed E-state index contributed by atoms with van der Waals surface area (Å²) in [4.78, 5) is 15.5. The summed E-state index contributed by atoms with van der Waals surface area (Å²) in [7, 11) is 1.75. The molecule has 0 aromatic heterocycles. The highest BCUT2D eigenvalue weighted by molar-refractivity contribution is 5.94. The SMILES string of the molecule is Cc1ccc(C(=O)N(C)CC2CCN(CC(F)(F)F)CC2)cc1. The first-order valence-corrected chi connectivity index (χ1v) is 7.86. The van der Waals surface area contributed by atoms with Crippen molar-refractivity contribution in [3.63, 3.8) is 0 Å². The van der Waals surface area contributed by atoms with E-state index in [0.717, 1.165) is 5.56 Å². The maximum atomic E-state index is 12.4. The molecule has 0 aliphatic carbocycles. The van der Waals surface area contributed by atoms with Crippen molar-refractivity contribution in [2.24, 2.45) is 5.92 Å². The number of aryl methyl sites for hydroxylation is 1. The minimum atomic E-state index is -4.13. The molecule has 1 saturated heterocycles. The van der Waals surface area contributed by atoms with Gasteiger partial charge in [-0.05, 0) is 50.9 Å². The molecule has 1 heterocycles. The van der Waals surface area contributed by atoms with E-state index in [1.807, 2.05) is 19.1 Å². The third-order valence-electron chi connectivity index (χ3n) is 4.29. The van der Waals surface area contributed by atoms with E-state index >= 15 is 0 Å². The van der Waals surface area contributed by atoms with Crippen molar-refractivity contribution < 1.29 is 18.0 Å². The molecule has 1 aromatic carbocycles. The smallest absolute Gasteiger partial charge is 0.341 e. The van der Waals surface area contributed by atoms with Crippen LogP contribution in [0.25, 0.3) is 0 Å². The second-order valence-electron chi connectivity index (χ2n) is 6.39. The second kappa shape index (κ2) is 7.34. The maximum Gasteiger partial charge on any atom is 0.401 e. The van der Waals surface area contributed by atoms with Crippen molar-refractivity contribution in [3.05, 3.63) is 35.4 Å². The average molecular weight is 328 g/mol. The number of nitrogens with zero attached hydrogens (tertiary/aromatic N) is 2. The molecule has 1 aliphatic rings. The molecule has 0 spiro atoms. The molecule has 0 N–H and O–H groups in total. The standard InChI is InChI=1S/C17H23F3N2O/c1-13-3-5-15(6-4-13)16(23)21(2)11-14-7-9-22(10-8-14)12-17(18,19)20/h3-6,14H,7-12H2,1-2H3. The zero-order valence-corrected chi connectivity index (χ0v) is 13.6. The van der Waals surface area contributed by atoms with Gasteiger partial charge in [-0.1, -0.05) is 17.7 Å². The maximum absolute atomic E-state index is 12.4. The van der Waals surface area contributed by atoms with Gasteiger partial charge in [-0.15, -0.1) is 0 Å². The van der Waals surface area contributed by atoms with Crippen molar-refractivity contribution in [1.82, 2.24) is 9.80 Å². The predicted molar refractivity (Wildman–Crippen MR) is 83.4 cm³/mol. The van der Waals surface area contributed by atoms with E-state index in [2.05, 4.69) is 0 Å². The number of halogens is 3. The Balaban J connectivity index is 1.81. The lowest BCUT2D eigenvalue weighted by atomic mass is 9.96. The number of amides is 1. The molecule has 2 rings (SSSR count). The molecule has 0 bridgehead atoms. The Morgan fingerprint density at radius 1 is 1.22 bits per heavy atom. The third-order valence-corrected chi connectivity index (χ3v) is 4.29. The largest absolute Gasteiger partial charge is 0.401 e. The summed E-state index contributed by atoms with van der Waals surface area (Å²) < 4.78 is 37.1. The molecule has 1 aliphatic heterocycles. The summed E-state index contributed by atoms with van der Waals surface area (Å²) in [6.45, 7) is 2.60. The van der Waals surface area contributed by atoms with Crippen LogP contribution in [0.5, 0.6) is 0 Å². The highest BCUT2D eigenvalue weighted by Gasteiger charge is 2.32. The molecule has 6 heteroatoms. The number of benzene rings is 1. The van der Waals surface area contributed by atoms with Gasteiger partial charge in [0.15, 0.2) is 0 Å². The quantitative estimate of drug-likeness (QED) is 0.846. The van der Waals surface area contributed by atoms with E-state index in [1.165, 1.54) is 4.90 Å². The van der Waals surface area contributed by atoms with Crippen molar-refractivity contribution >= 4 is 5.91 Å². The molecule has 0 atom stereocenters. The van der Waals surface area contributed by atoms with Crippen LogP contribution in [-0.2, 0) is 0 Å². The summed E-state index contributed by atoms with van der Waals surface area (Å²) >= 11 is 0. The first-order valence-electron chi connectivity index (χ1n) is 7.86. The molecule has 3 nitrogen and oxygen atoms in total. The highest BCUT2D eigenvalue weighted by Crippen LogP contribution is 2.23. The van der Waals surface area contributed by atoms with Crippen LogP contribution in [0.4, 0.5) is 13.2 Å². The number of piperidine rings is 1. The molecule has 1 amide bonds. The van der Waals surface area contributed by atoms with Crippen LogP contribution in [0, 0.1) is 12.8 Å². The van der Waals surface area contributed by atoms with E-state index in [0.29, 0.717) is 38.0 Å². The van der Waals surface area contributed by atoms with Gasteiger partial charge < -0.3 is 4.90 Å². The Morgan fingerprint density at radius 3 is 2.30 bits per heavy atom. The van der Waals surface area contributed by atoms with Crippen molar-refractivity contribution in [3.8, 4) is 0 Å². The Hall–Kier alpha value is -1.56. The predicted octanol–water partition coefficient (Wildman–Crippen LogP) is 3.34. The molecule has 1 aromatic rings. The third kappa shape index (κ3) is 5.53. The number of rotatable bonds is 4. The van der Waals surface area contributed by atoms with E-state index in [9.17, 15) is 18.0 Å². The van der Waals surface area contributed by atoms with Gasteiger partial charge in [0, 0.05) is 19.2 Å². The molecule has 23 heavy (non-hydrogen) atoms. The van der Waals surface area contributed by atoms with E-state index in [4.69, 9.17) is 0 Å². The van der Waals surface area contributed by atoms with Gasteiger partial charge in [-0.3, -0.25) is 9.69 Å². The summed E-state index contributed by atoms with van der Waals surface area (Å²) in [5, 5.41) is 0. The van der Waals surface area contributed by atoms with Gasteiger partial charge in [0.1, 0.15) is 0 Å². The number of carbonyl (C=O) groups is 1. The fourth-order valence-electron chi connectivity index (χ4n) is 2.97. The van der Waals surface area contributed by atoms with E-state index in [1.54, 1.807) is 24.1 Å². The molecule has 1 fully saturated rings. The topological polar surface area (TPSA) is 23.6 Å². The highest BCUT2D eigenvalue weighted by atomic mass is 19.4. The normalized spacial score (nSPS) is 17.3. The Kier molecular flexibility index (Phi) is 5.68. The Bertz CT molecular complexity index is 520. The van der Waals surface area contributed by atoms with Crippen LogP contribution < -0.4 is 0 Å². The van der Waals surface area contributed by atoms with Crippen LogP contribution in [0.1, 0.15) is 28.8 Å². The minimum Gasteiger partial charge on any atom is -0.341 e. The average Bonchev–Trinajstić information content (AvgIpc) is 2.48. The van der Waals surface area contributed by atoms with Crippen LogP contribution in [-0.4, -0.2) is 55.1 Å². The molecule has 0 saturated carbocycles. The van der Waals surface area contributed by atoms with Crippen LogP contribution in [0.2, 0.25) is 0 Å². The number of hydrogen-bond acceptors (Lipinski definition) is 2. The van der Waals surface area contributed by atoms with Crippen molar-refractivity contribution in [1.29, 1.82) is 0 Å². The number of hydrogen-bond donors (Lipinski definition) is 0. The summed E-state index contributed by atoms with van der Waals surface area (Å²) in [5.74, 6) is 0.224. The number of carbonyl (C=O) groups excluding carboxylic acids is 1. The first kappa shape index (κ1) is 17.8. The number of likely N-dealkylation sites (tertiary alicyclic amines) is 1. The van der Waals surface area contributed by atoms with Gasteiger partial charge >= 0.3 is 6.18 Å². The van der Waals surface area contributed by atoms with Crippen LogP contribution in [0.15, 0.2) is 24.3 Å². The number of alkyl halides is 3. The molecular formula is C17H23F3N2O. The monoisotopic (exact) mass is 328 g/mol. The zero-order chi connectivity index (χ0) is 17.0. The van der Waals surface area contributed by atoms with Crippen LogP contribution >= 0.6 is 0 Å². The summed E-state index contributed by atoms with van der Waals surface area (Å²) in [6.07, 6.45) is -2.74. The first-order chi connectivity index (χ1) is 10.7. The Morgan fingerprint density at radius 2 is 1.78 bits per heavy atom. The second-order valence-corrected chi connectivity index (χ2v) is 6.39. The van der Waals surface area contributed by atoms with E-state index < -0.39 is 12.7 Å². The minimum absolute atomic E-state index is 0.0391. The van der Waals surface area contributed by atoms with Gasteiger partial charge in [-0.2, -0.15) is 13.2 Å². The molecule has 0 unspecified atom stereocenters. The van der Waals surface area contributed by atoms with Gasteiger partial charge in [-0.25, -0.2) is 0 Å². The van der Waals surface area contributed by atoms with Gasteiger partial charge in [0.25, 0.3) is 5.91 Å².